The molecule has 1 aromatic carbocycles. The van der Waals surface area contributed by atoms with Gasteiger partial charge in [0, 0.05) is 29.4 Å². The lowest BCUT2D eigenvalue weighted by atomic mass is 10.2. The molecule has 1 aromatic heterocycles. The molecular formula is C17H20N4O2S. The second-order valence-electron chi connectivity index (χ2n) is 5.98. The van der Waals surface area contributed by atoms with Crippen LogP contribution in [0.3, 0.4) is 0 Å². The van der Waals surface area contributed by atoms with Gasteiger partial charge in [-0.15, -0.1) is 11.3 Å². The van der Waals surface area contributed by atoms with Crippen LogP contribution in [0.5, 0.6) is 0 Å². The standard InChI is InChI=1S/C17H20N4O2S/c1-10-9-18-16(24-10)15(12-6-7-12)21-17(23)20-14-5-3-4-13(8-14)19-11(2)22/h3-5,8-9,12,15H,6-7H2,1-2H3,(H,19,22)(H2,20,21,23)/t15-/m1/s1. The number of aryl methyl sites for hydroxylation is 1. The average molecular weight is 344 g/mol. The van der Waals surface area contributed by atoms with Crippen LogP contribution in [0, 0.1) is 12.8 Å². The maximum absolute atomic E-state index is 12.3. The summed E-state index contributed by atoms with van der Waals surface area (Å²) in [4.78, 5) is 29.0. The summed E-state index contributed by atoms with van der Waals surface area (Å²) in [5, 5.41) is 9.50. The van der Waals surface area contributed by atoms with E-state index in [-0.39, 0.29) is 18.0 Å². The molecular weight excluding hydrogens is 324 g/mol. The third kappa shape index (κ3) is 4.32. The van der Waals surface area contributed by atoms with Crippen LogP contribution in [-0.4, -0.2) is 16.9 Å². The van der Waals surface area contributed by atoms with Crippen molar-refractivity contribution in [3.63, 3.8) is 0 Å². The lowest BCUT2D eigenvalue weighted by Crippen LogP contribution is -2.33. The third-order valence-corrected chi connectivity index (χ3v) is 4.72. The number of carbonyl (C=O) groups is 2. The Morgan fingerprint density at radius 3 is 2.54 bits per heavy atom. The Morgan fingerprint density at radius 1 is 1.25 bits per heavy atom. The molecule has 1 aliphatic carbocycles. The second-order valence-corrected chi connectivity index (χ2v) is 7.25. The zero-order chi connectivity index (χ0) is 17.1. The van der Waals surface area contributed by atoms with Crippen LogP contribution in [0.2, 0.25) is 0 Å². The molecule has 3 rings (SSSR count). The molecule has 1 fully saturated rings. The van der Waals surface area contributed by atoms with Gasteiger partial charge in [-0.2, -0.15) is 0 Å². The first kappa shape index (κ1) is 16.4. The van der Waals surface area contributed by atoms with Gasteiger partial charge >= 0.3 is 6.03 Å². The van der Waals surface area contributed by atoms with Crippen LogP contribution in [0.4, 0.5) is 16.2 Å². The highest BCUT2D eigenvalue weighted by Gasteiger charge is 2.35. The van der Waals surface area contributed by atoms with Gasteiger partial charge in [0.2, 0.25) is 5.91 Å². The summed E-state index contributed by atoms with van der Waals surface area (Å²) in [6.07, 6.45) is 4.06. The Labute approximate surface area is 144 Å². The maximum Gasteiger partial charge on any atom is 0.319 e. The van der Waals surface area contributed by atoms with E-state index in [0.29, 0.717) is 17.3 Å². The van der Waals surface area contributed by atoms with Crippen molar-refractivity contribution in [1.82, 2.24) is 10.3 Å². The van der Waals surface area contributed by atoms with Gasteiger partial charge in [-0.05, 0) is 43.9 Å². The van der Waals surface area contributed by atoms with Crippen molar-refractivity contribution in [2.45, 2.75) is 32.7 Å². The lowest BCUT2D eigenvalue weighted by molar-refractivity contribution is -0.114. The van der Waals surface area contributed by atoms with E-state index in [0.717, 1.165) is 22.7 Å². The largest absolute Gasteiger partial charge is 0.328 e. The van der Waals surface area contributed by atoms with Crippen molar-refractivity contribution >= 4 is 34.6 Å². The van der Waals surface area contributed by atoms with E-state index in [9.17, 15) is 9.59 Å². The van der Waals surface area contributed by atoms with Gasteiger partial charge < -0.3 is 16.0 Å². The molecule has 6 nitrogen and oxygen atoms in total. The molecule has 1 atom stereocenters. The SMILES string of the molecule is CC(=O)Nc1cccc(NC(=O)N[C@@H](c2ncc(C)s2)C2CC2)c1. The van der Waals surface area contributed by atoms with E-state index in [1.807, 2.05) is 13.1 Å². The lowest BCUT2D eigenvalue weighted by Gasteiger charge is -2.16. The first-order valence-corrected chi connectivity index (χ1v) is 8.70. The van der Waals surface area contributed by atoms with Crippen molar-refractivity contribution in [2.24, 2.45) is 5.92 Å². The minimum atomic E-state index is -0.264. The molecule has 0 spiro atoms. The number of benzene rings is 1. The molecule has 126 valence electrons. The third-order valence-electron chi connectivity index (χ3n) is 3.73. The molecule has 2 aromatic rings. The van der Waals surface area contributed by atoms with Gasteiger partial charge in [-0.1, -0.05) is 6.07 Å². The molecule has 1 heterocycles. The molecule has 0 unspecified atom stereocenters. The highest BCUT2D eigenvalue weighted by atomic mass is 32.1. The van der Waals surface area contributed by atoms with Gasteiger partial charge in [-0.3, -0.25) is 4.79 Å². The Balaban J connectivity index is 1.65. The number of aromatic nitrogens is 1. The molecule has 0 aliphatic heterocycles. The number of urea groups is 1. The predicted molar refractivity (Wildman–Crippen MR) is 95.2 cm³/mol. The number of rotatable bonds is 5. The summed E-state index contributed by atoms with van der Waals surface area (Å²) in [6, 6.07) is 6.76. The molecule has 0 radical (unpaired) electrons. The van der Waals surface area contributed by atoms with Gasteiger partial charge in [0.05, 0.1) is 6.04 Å². The van der Waals surface area contributed by atoms with Gasteiger partial charge in [0.1, 0.15) is 5.01 Å². The Morgan fingerprint density at radius 2 is 1.96 bits per heavy atom. The minimum Gasteiger partial charge on any atom is -0.328 e. The Hall–Kier alpha value is -2.41. The highest BCUT2D eigenvalue weighted by molar-refractivity contribution is 7.11. The first-order valence-electron chi connectivity index (χ1n) is 7.89. The number of hydrogen-bond acceptors (Lipinski definition) is 4. The molecule has 24 heavy (non-hydrogen) atoms. The Kier molecular flexibility index (Phi) is 4.80. The smallest absolute Gasteiger partial charge is 0.319 e. The minimum absolute atomic E-state index is 0.0396. The fraction of sp³-hybridized carbons (Fsp3) is 0.353. The van der Waals surface area contributed by atoms with Crippen molar-refractivity contribution < 1.29 is 9.59 Å². The number of nitrogens with one attached hydrogen (secondary N) is 3. The van der Waals surface area contributed by atoms with Crippen LogP contribution in [0.25, 0.3) is 0 Å². The fourth-order valence-electron chi connectivity index (χ4n) is 2.51. The van der Waals surface area contributed by atoms with Gasteiger partial charge in [-0.25, -0.2) is 9.78 Å². The van der Waals surface area contributed by atoms with Crippen molar-refractivity contribution in [3.8, 4) is 0 Å². The van der Waals surface area contributed by atoms with Crippen molar-refractivity contribution in [1.29, 1.82) is 0 Å². The summed E-state index contributed by atoms with van der Waals surface area (Å²) in [6.45, 7) is 3.46. The van der Waals surface area contributed by atoms with Crippen LogP contribution >= 0.6 is 11.3 Å². The quantitative estimate of drug-likeness (QED) is 0.773. The summed E-state index contributed by atoms with van der Waals surface area (Å²) in [5.41, 5.74) is 1.28. The molecule has 7 heteroatoms. The highest BCUT2D eigenvalue weighted by Crippen LogP contribution is 2.42. The average Bonchev–Trinajstić information content (AvgIpc) is 3.26. The number of carbonyl (C=O) groups excluding carboxylic acids is 2. The van der Waals surface area contributed by atoms with E-state index in [1.54, 1.807) is 35.6 Å². The molecule has 1 saturated carbocycles. The predicted octanol–water partition coefficient (Wildman–Crippen LogP) is 3.68. The summed E-state index contributed by atoms with van der Waals surface area (Å²) >= 11 is 1.62. The summed E-state index contributed by atoms with van der Waals surface area (Å²) in [7, 11) is 0. The van der Waals surface area contributed by atoms with E-state index in [2.05, 4.69) is 20.9 Å². The zero-order valence-electron chi connectivity index (χ0n) is 13.6. The fourth-order valence-corrected chi connectivity index (χ4v) is 3.43. The van der Waals surface area contributed by atoms with E-state index in [1.165, 1.54) is 6.92 Å². The first-order chi connectivity index (χ1) is 11.5. The normalized spacial score (nSPS) is 14.8. The number of thiazole rings is 1. The number of nitrogens with zero attached hydrogens (tertiary/aromatic N) is 1. The van der Waals surface area contributed by atoms with Crippen molar-refractivity contribution in [2.75, 3.05) is 10.6 Å². The molecule has 3 N–H and O–H groups in total. The maximum atomic E-state index is 12.3. The molecule has 1 aliphatic rings. The number of amides is 3. The molecule has 3 amide bonds. The zero-order valence-corrected chi connectivity index (χ0v) is 14.4. The van der Waals surface area contributed by atoms with E-state index in [4.69, 9.17) is 0 Å². The van der Waals surface area contributed by atoms with E-state index < -0.39 is 0 Å². The summed E-state index contributed by atoms with van der Waals surface area (Å²) < 4.78 is 0. The van der Waals surface area contributed by atoms with Crippen LogP contribution in [-0.2, 0) is 4.79 Å². The monoisotopic (exact) mass is 344 g/mol. The van der Waals surface area contributed by atoms with E-state index >= 15 is 0 Å². The summed E-state index contributed by atoms with van der Waals surface area (Å²) in [5.74, 6) is 0.316. The van der Waals surface area contributed by atoms with Gasteiger partial charge in [0.25, 0.3) is 0 Å². The second kappa shape index (κ2) is 7.00. The molecule has 0 bridgehead atoms. The number of hydrogen-bond donors (Lipinski definition) is 3. The van der Waals surface area contributed by atoms with Gasteiger partial charge in [0.15, 0.2) is 0 Å². The van der Waals surface area contributed by atoms with Crippen LogP contribution in [0.15, 0.2) is 30.5 Å². The van der Waals surface area contributed by atoms with Crippen molar-refractivity contribution in [3.05, 3.63) is 40.3 Å². The van der Waals surface area contributed by atoms with Crippen LogP contribution < -0.4 is 16.0 Å². The Bertz CT molecular complexity index is 755. The van der Waals surface area contributed by atoms with Crippen LogP contribution in [0.1, 0.15) is 35.7 Å². The molecule has 0 saturated heterocycles. The number of anilines is 2. The topological polar surface area (TPSA) is 83.1 Å².